The van der Waals surface area contributed by atoms with Crippen molar-refractivity contribution < 1.29 is 18.8 Å². The molecule has 1 aromatic heterocycles. The molecular formula is C30H32ClFN4O3. The largest absolute Gasteiger partial charge is 0.351 e. The monoisotopic (exact) mass is 550 g/mol. The summed E-state index contributed by atoms with van der Waals surface area (Å²) >= 11 is 6.12. The van der Waals surface area contributed by atoms with Crippen molar-refractivity contribution in [2.75, 3.05) is 10.2 Å². The van der Waals surface area contributed by atoms with E-state index in [1.807, 2.05) is 0 Å². The molecule has 2 aromatic carbocycles. The van der Waals surface area contributed by atoms with Crippen LogP contribution in [0.25, 0.3) is 0 Å². The van der Waals surface area contributed by atoms with Crippen LogP contribution in [0.3, 0.4) is 0 Å². The van der Waals surface area contributed by atoms with Crippen molar-refractivity contribution in [3.63, 3.8) is 0 Å². The van der Waals surface area contributed by atoms with Crippen molar-refractivity contribution in [3.8, 4) is 0 Å². The zero-order valence-corrected chi connectivity index (χ0v) is 22.4. The third-order valence-corrected chi connectivity index (χ3v) is 7.00. The zero-order chi connectivity index (χ0) is 27.6. The number of benzene rings is 2. The predicted molar refractivity (Wildman–Crippen MR) is 150 cm³/mol. The first-order valence-electron chi connectivity index (χ1n) is 13.2. The molecule has 9 heteroatoms. The normalized spacial score (nSPS) is 14.3. The van der Waals surface area contributed by atoms with E-state index < -0.39 is 11.9 Å². The van der Waals surface area contributed by atoms with Crippen LogP contribution in [0, 0.1) is 5.82 Å². The summed E-state index contributed by atoms with van der Waals surface area (Å²) in [4.78, 5) is 45.4. The predicted octanol–water partition coefficient (Wildman–Crippen LogP) is 6.21. The molecule has 1 aliphatic rings. The molecule has 39 heavy (non-hydrogen) atoms. The number of rotatable bonds is 10. The highest BCUT2D eigenvalue weighted by Crippen LogP contribution is 2.31. The summed E-state index contributed by atoms with van der Waals surface area (Å²) in [7, 11) is 0. The Morgan fingerprint density at radius 1 is 0.949 bits per heavy atom. The van der Waals surface area contributed by atoms with Gasteiger partial charge in [0.05, 0.1) is 0 Å². The van der Waals surface area contributed by atoms with Gasteiger partial charge in [-0.2, -0.15) is 0 Å². The standard InChI is InChI=1S/C30H32ClFN4O3/c31-22-14-12-21(13-15-22)29(30(39)34-24-7-2-1-3-8-24)36(25-18-16-23(32)17-19-25)28(38)11-6-10-27(37)35-26-9-4-5-20-33-26/h4-5,9,12-20,24,29H,1-3,6-8,10-11H2,(H,34,39)(H,33,35,37)/t29-/m1/s1. The highest BCUT2D eigenvalue weighted by Gasteiger charge is 2.34. The second kappa shape index (κ2) is 13.8. The lowest BCUT2D eigenvalue weighted by Crippen LogP contribution is -2.47. The lowest BCUT2D eigenvalue weighted by Gasteiger charge is -2.33. The van der Waals surface area contributed by atoms with E-state index in [1.54, 1.807) is 48.7 Å². The molecule has 204 valence electrons. The second-order valence-corrected chi connectivity index (χ2v) is 10.1. The van der Waals surface area contributed by atoms with Gasteiger partial charge in [0.15, 0.2) is 0 Å². The molecule has 0 unspecified atom stereocenters. The molecule has 4 rings (SSSR count). The van der Waals surface area contributed by atoms with Gasteiger partial charge in [-0.15, -0.1) is 0 Å². The summed E-state index contributed by atoms with van der Waals surface area (Å²) < 4.78 is 13.8. The van der Waals surface area contributed by atoms with E-state index in [9.17, 15) is 18.8 Å². The fourth-order valence-electron chi connectivity index (χ4n) is 4.79. The summed E-state index contributed by atoms with van der Waals surface area (Å²) in [5.74, 6) is -0.948. The van der Waals surface area contributed by atoms with Gasteiger partial charge < -0.3 is 10.6 Å². The Labute approximate surface area is 232 Å². The van der Waals surface area contributed by atoms with Crippen LogP contribution < -0.4 is 15.5 Å². The fourth-order valence-corrected chi connectivity index (χ4v) is 4.92. The highest BCUT2D eigenvalue weighted by atomic mass is 35.5. The van der Waals surface area contributed by atoms with E-state index >= 15 is 0 Å². The minimum Gasteiger partial charge on any atom is -0.351 e. The Hall–Kier alpha value is -3.78. The first-order chi connectivity index (χ1) is 18.9. The number of nitrogens with zero attached hydrogens (tertiary/aromatic N) is 2. The van der Waals surface area contributed by atoms with E-state index in [0.29, 0.717) is 22.1 Å². The molecule has 3 aromatic rings. The van der Waals surface area contributed by atoms with E-state index in [0.717, 1.165) is 32.1 Å². The number of anilines is 2. The first kappa shape index (κ1) is 28.2. The molecule has 0 bridgehead atoms. The summed E-state index contributed by atoms with van der Waals surface area (Å²) in [6.45, 7) is 0. The van der Waals surface area contributed by atoms with Crippen molar-refractivity contribution in [2.24, 2.45) is 0 Å². The maximum absolute atomic E-state index is 13.8. The number of halogens is 2. The van der Waals surface area contributed by atoms with Gasteiger partial charge in [0, 0.05) is 35.8 Å². The van der Waals surface area contributed by atoms with Crippen LogP contribution >= 0.6 is 11.6 Å². The lowest BCUT2D eigenvalue weighted by molar-refractivity contribution is -0.127. The molecular weight excluding hydrogens is 519 g/mol. The van der Waals surface area contributed by atoms with Gasteiger partial charge in [0.1, 0.15) is 17.7 Å². The fraction of sp³-hybridized carbons (Fsp3) is 0.333. The Kier molecular flexibility index (Phi) is 10.0. The van der Waals surface area contributed by atoms with E-state index in [2.05, 4.69) is 15.6 Å². The average Bonchev–Trinajstić information content (AvgIpc) is 2.94. The Morgan fingerprint density at radius 3 is 2.33 bits per heavy atom. The van der Waals surface area contributed by atoms with Crippen LogP contribution in [0.4, 0.5) is 15.9 Å². The first-order valence-corrected chi connectivity index (χ1v) is 13.6. The molecule has 1 heterocycles. The number of amides is 3. The summed E-state index contributed by atoms with van der Waals surface area (Å²) in [6, 6.07) is 16.5. The molecule has 0 saturated heterocycles. The Morgan fingerprint density at radius 2 is 1.67 bits per heavy atom. The maximum Gasteiger partial charge on any atom is 0.248 e. The number of nitrogens with one attached hydrogen (secondary N) is 2. The van der Waals surface area contributed by atoms with Crippen LogP contribution in [0.5, 0.6) is 0 Å². The van der Waals surface area contributed by atoms with Crippen molar-refractivity contribution >= 4 is 40.8 Å². The maximum atomic E-state index is 13.8. The number of pyridine rings is 1. The molecule has 0 spiro atoms. The smallest absolute Gasteiger partial charge is 0.248 e. The van der Waals surface area contributed by atoms with Gasteiger partial charge in [0.2, 0.25) is 17.7 Å². The van der Waals surface area contributed by atoms with Gasteiger partial charge in [0.25, 0.3) is 0 Å². The second-order valence-electron chi connectivity index (χ2n) is 9.65. The van der Waals surface area contributed by atoms with Crippen molar-refractivity contribution in [2.45, 2.75) is 63.5 Å². The quantitative estimate of drug-likeness (QED) is 0.314. The third-order valence-electron chi connectivity index (χ3n) is 6.74. The van der Waals surface area contributed by atoms with Gasteiger partial charge in [-0.05, 0) is 73.4 Å². The number of carbonyl (C=O) groups excluding carboxylic acids is 3. The van der Waals surface area contributed by atoms with Crippen LogP contribution in [-0.2, 0) is 14.4 Å². The van der Waals surface area contributed by atoms with Gasteiger partial charge >= 0.3 is 0 Å². The number of carbonyl (C=O) groups is 3. The van der Waals surface area contributed by atoms with Crippen LogP contribution in [0.2, 0.25) is 5.02 Å². The summed E-state index contributed by atoms with van der Waals surface area (Å²) in [5.41, 5.74) is 0.969. The topological polar surface area (TPSA) is 91.4 Å². The molecule has 1 atom stereocenters. The third kappa shape index (κ3) is 8.10. The van der Waals surface area contributed by atoms with Crippen LogP contribution in [-0.4, -0.2) is 28.7 Å². The highest BCUT2D eigenvalue weighted by molar-refractivity contribution is 6.30. The molecule has 3 amide bonds. The molecule has 1 aliphatic carbocycles. The van der Waals surface area contributed by atoms with Crippen molar-refractivity contribution in [1.82, 2.24) is 10.3 Å². The van der Waals surface area contributed by atoms with Gasteiger partial charge in [-0.1, -0.05) is 49.1 Å². The number of hydrogen-bond acceptors (Lipinski definition) is 4. The van der Waals surface area contributed by atoms with Gasteiger partial charge in [-0.25, -0.2) is 9.37 Å². The Balaban J connectivity index is 1.56. The molecule has 1 fully saturated rings. The summed E-state index contributed by atoms with van der Waals surface area (Å²) in [5, 5.41) is 6.35. The molecule has 0 radical (unpaired) electrons. The summed E-state index contributed by atoms with van der Waals surface area (Å²) in [6.07, 6.45) is 6.93. The molecule has 7 nitrogen and oxygen atoms in total. The number of aromatic nitrogens is 1. The molecule has 0 aliphatic heterocycles. The van der Waals surface area contributed by atoms with Gasteiger partial charge in [-0.3, -0.25) is 19.3 Å². The van der Waals surface area contributed by atoms with Crippen LogP contribution in [0.1, 0.15) is 63.0 Å². The van der Waals surface area contributed by atoms with Crippen molar-refractivity contribution in [3.05, 3.63) is 89.3 Å². The average molecular weight is 551 g/mol. The SMILES string of the molecule is O=C(CCCC(=O)N(c1ccc(F)cc1)[C@@H](C(=O)NC1CCCCC1)c1ccc(Cl)cc1)Nc1ccccn1. The molecule has 1 saturated carbocycles. The van der Waals surface area contributed by atoms with E-state index in [4.69, 9.17) is 11.6 Å². The number of hydrogen-bond donors (Lipinski definition) is 2. The van der Waals surface area contributed by atoms with Crippen LogP contribution in [0.15, 0.2) is 72.9 Å². The minimum atomic E-state index is -0.996. The van der Waals surface area contributed by atoms with E-state index in [-0.39, 0.29) is 43.0 Å². The lowest BCUT2D eigenvalue weighted by atomic mass is 9.94. The minimum absolute atomic E-state index is 0.00775. The molecule has 2 N–H and O–H groups in total. The van der Waals surface area contributed by atoms with E-state index in [1.165, 1.54) is 29.2 Å². The zero-order valence-electron chi connectivity index (χ0n) is 21.6. The Bertz CT molecular complexity index is 1250. The van der Waals surface area contributed by atoms with Crippen molar-refractivity contribution in [1.29, 1.82) is 0 Å².